The molecular weight excluding hydrogens is 376 g/mol. The zero-order chi connectivity index (χ0) is 20.9. The average molecular weight is 409 g/mol. The lowest BCUT2D eigenvalue weighted by Gasteiger charge is -2.30. The SMILES string of the molecule is Cc1ccccc1C1CCc2cc(OC3CCC(CNC(=O)CN)CC3)ccc2O1. The molecule has 1 aliphatic carbocycles. The van der Waals surface area contributed by atoms with E-state index in [-0.39, 0.29) is 24.7 Å². The zero-order valence-electron chi connectivity index (χ0n) is 17.7. The predicted molar refractivity (Wildman–Crippen MR) is 118 cm³/mol. The molecule has 1 aliphatic heterocycles. The molecule has 0 saturated heterocycles. The summed E-state index contributed by atoms with van der Waals surface area (Å²) in [6.07, 6.45) is 6.54. The van der Waals surface area contributed by atoms with E-state index >= 15 is 0 Å². The molecule has 5 nitrogen and oxygen atoms in total. The van der Waals surface area contributed by atoms with Gasteiger partial charge in [0.25, 0.3) is 0 Å². The van der Waals surface area contributed by atoms with Crippen LogP contribution in [0.3, 0.4) is 0 Å². The number of hydrogen-bond donors (Lipinski definition) is 2. The van der Waals surface area contributed by atoms with Crippen molar-refractivity contribution in [3.05, 3.63) is 59.2 Å². The Hall–Kier alpha value is -2.53. The third-order valence-corrected chi connectivity index (χ3v) is 6.38. The van der Waals surface area contributed by atoms with Gasteiger partial charge < -0.3 is 20.5 Å². The third kappa shape index (κ3) is 4.96. The van der Waals surface area contributed by atoms with E-state index in [2.05, 4.69) is 48.6 Å². The second-order valence-electron chi connectivity index (χ2n) is 8.54. The number of carbonyl (C=O) groups excluding carboxylic acids is 1. The van der Waals surface area contributed by atoms with Crippen LogP contribution in [0.5, 0.6) is 11.5 Å². The summed E-state index contributed by atoms with van der Waals surface area (Å²) in [6, 6.07) is 14.7. The largest absolute Gasteiger partial charge is 0.490 e. The molecule has 1 saturated carbocycles. The Morgan fingerprint density at radius 2 is 1.93 bits per heavy atom. The van der Waals surface area contributed by atoms with Gasteiger partial charge >= 0.3 is 0 Å². The van der Waals surface area contributed by atoms with Crippen molar-refractivity contribution in [2.24, 2.45) is 11.7 Å². The molecule has 1 amide bonds. The summed E-state index contributed by atoms with van der Waals surface area (Å²) in [5, 5.41) is 2.90. The molecule has 3 N–H and O–H groups in total. The van der Waals surface area contributed by atoms with Crippen molar-refractivity contribution in [2.75, 3.05) is 13.1 Å². The molecule has 30 heavy (non-hydrogen) atoms. The summed E-state index contributed by atoms with van der Waals surface area (Å²) in [5.74, 6) is 2.36. The number of amides is 1. The lowest BCUT2D eigenvalue weighted by Crippen LogP contribution is -2.36. The molecule has 0 bridgehead atoms. The van der Waals surface area contributed by atoms with Crippen molar-refractivity contribution in [3.63, 3.8) is 0 Å². The molecule has 1 unspecified atom stereocenters. The first-order chi connectivity index (χ1) is 14.6. The van der Waals surface area contributed by atoms with E-state index in [4.69, 9.17) is 15.2 Å². The lowest BCUT2D eigenvalue weighted by molar-refractivity contribution is -0.119. The van der Waals surface area contributed by atoms with Crippen LogP contribution in [0.15, 0.2) is 42.5 Å². The van der Waals surface area contributed by atoms with Gasteiger partial charge in [-0.25, -0.2) is 0 Å². The molecule has 160 valence electrons. The molecule has 0 aromatic heterocycles. The average Bonchev–Trinajstić information content (AvgIpc) is 2.78. The van der Waals surface area contributed by atoms with Crippen molar-refractivity contribution in [3.8, 4) is 11.5 Å². The van der Waals surface area contributed by atoms with Crippen molar-refractivity contribution in [2.45, 2.75) is 57.7 Å². The fourth-order valence-corrected chi connectivity index (χ4v) is 4.58. The Morgan fingerprint density at radius 3 is 2.70 bits per heavy atom. The number of aryl methyl sites for hydroxylation is 2. The molecule has 4 rings (SSSR count). The van der Waals surface area contributed by atoms with E-state index in [0.29, 0.717) is 5.92 Å². The van der Waals surface area contributed by atoms with Gasteiger partial charge in [-0.15, -0.1) is 0 Å². The van der Waals surface area contributed by atoms with Gasteiger partial charge in [-0.1, -0.05) is 24.3 Å². The molecule has 0 radical (unpaired) electrons. The fraction of sp³-hybridized carbons (Fsp3) is 0.480. The molecule has 2 aromatic carbocycles. The normalized spacial score (nSPS) is 23.2. The summed E-state index contributed by atoms with van der Waals surface area (Å²) < 4.78 is 12.6. The minimum atomic E-state index is -0.0747. The molecule has 2 aromatic rings. The van der Waals surface area contributed by atoms with Crippen molar-refractivity contribution < 1.29 is 14.3 Å². The van der Waals surface area contributed by atoms with Crippen molar-refractivity contribution >= 4 is 5.91 Å². The van der Waals surface area contributed by atoms with E-state index < -0.39 is 0 Å². The Kier molecular flexibility index (Phi) is 6.58. The van der Waals surface area contributed by atoms with Crippen LogP contribution in [0.4, 0.5) is 0 Å². The van der Waals surface area contributed by atoms with E-state index in [0.717, 1.165) is 56.6 Å². The summed E-state index contributed by atoms with van der Waals surface area (Å²) in [4.78, 5) is 11.3. The van der Waals surface area contributed by atoms with E-state index in [9.17, 15) is 4.79 Å². The van der Waals surface area contributed by atoms with Gasteiger partial charge in [-0.05, 0) is 86.3 Å². The number of nitrogens with one attached hydrogen (secondary N) is 1. The van der Waals surface area contributed by atoms with Crippen LogP contribution < -0.4 is 20.5 Å². The maximum absolute atomic E-state index is 11.3. The number of carbonyl (C=O) groups is 1. The first-order valence-electron chi connectivity index (χ1n) is 11.1. The predicted octanol–water partition coefficient (Wildman–Crippen LogP) is 4.07. The van der Waals surface area contributed by atoms with Gasteiger partial charge in [0, 0.05) is 6.54 Å². The van der Waals surface area contributed by atoms with Gasteiger partial charge in [-0.2, -0.15) is 0 Å². The number of fused-ring (bicyclic) bond motifs is 1. The van der Waals surface area contributed by atoms with Gasteiger partial charge in [0.2, 0.25) is 5.91 Å². The fourth-order valence-electron chi connectivity index (χ4n) is 4.58. The molecule has 0 spiro atoms. The molecule has 1 heterocycles. The highest BCUT2D eigenvalue weighted by molar-refractivity contribution is 5.77. The Labute approximate surface area is 178 Å². The van der Waals surface area contributed by atoms with Crippen LogP contribution in [0.25, 0.3) is 0 Å². The molecule has 1 atom stereocenters. The van der Waals surface area contributed by atoms with Gasteiger partial charge in [0.15, 0.2) is 0 Å². The first kappa shape index (κ1) is 20.7. The van der Waals surface area contributed by atoms with Gasteiger partial charge in [-0.3, -0.25) is 4.79 Å². The Balaban J connectivity index is 1.31. The maximum Gasteiger partial charge on any atom is 0.233 e. The topological polar surface area (TPSA) is 73.6 Å². The van der Waals surface area contributed by atoms with E-state index in [1.165, 1.54) is 16.7 Å². The number of rotatable bonds is 6. The number of hydrogen-bond acceptors (Lipinski definition) is 4. The summed E-state index contributed by atoms with van der Waals surface area (Å²) in [7, 11) is 0. The highest BCUT2D eigenvalue weighted by Crippen LogP contribution is 2.38. The molecule has 2 aliphatic rings. The molecule has 5 heteroatoms. The first-order valence-corrected chi connectivity index (χ1v) is 11.1. The third-order valence-electron chi connectivity index (χ3n) is 6.38. The van der Waals surface area contributed by atoms with Crippen LogP contribution in [-0.4, -0.2) is 25.1 Å². The number of benzene rings is 2. The van der Waals surface area contributed by atoms with E-state index in [1.807, 2.05) is 6.07 Å². The highest BCUT2D eigenvalue weighted by atomic mass is 16.5. The monoisotopic (exact) mass is 408 g/mol. The second-order valence-corrected chi connectivity index (χ2v) is 8.54. The van der Waals surface area contributed by atoms with Gasteiger partial charge in [0.1, 0.15) is 17.6 Å². The van der Waals surface area contributed by atoms with E-state index in [1.54, 1.807) is 0 Å². The van der Waals surface area contributed by atoms with Crippen molar-refractivity contribution in [1.82, 2.24) is 5.32 Å². The van der Waals surface area contributed by atoms with Crippen molar-refractivity contribution in [1.29, 1.82) is 0 Å². The summed E-state index contributed by atoms with van der Waals surface area (Å²) >= 11 is 0. The minimum Gasteiger partial charge on any atom is -0.490 e. The van der Waals surface area contributed by atoms with Gasteiger partial charge in [0.05, 0.1) is 12.6 Å². The second kappa shape index (κ2) is 9.52. The van der Waals surface area contributed by atoms with Crippen LogP contribution in [0, 0.1) is 12.8 Å². The van der Waals surface area contributed by atoms with Crippen LogP contribution in [0.2, 0.25) is 0 Å². The van der Waals surface area contributed by atoms with Crippen LogP contribution in [0.1, 0.15) is 54.9 Å². The quantitative estimate of drug-likeness (QED) is 0.756. The summed E-state index contributed by atoms with van der Waals surface area (Å²) in [5.41, 5.74) is 9.14. The zero-order valence-corrected chi connectivity index (χ0v) is 17.7. The minimum absolute atomic E-state index is 0.0617. The van der Waals surface area contributed by atoms with Crippen LogP contribution >= 0.6 is 0 Å². The smallest absolute Gasteiger partial charge is 0.233 e. The Morgan fingerprint density at radius 1 is 1.13 bits per heavy atom. The lowest BCUT2D eigenvalue weighted by atomic mass is 9.87. The highest BCUT2D eigenvalue weighted by Gasteiger charge is 2.25. The number of nitrogens with two attached hydrogens (primary N) is 1. The molecular formula is C25H32N2O3. The summed E-state index contributed by atoms with van der Waals surface area (Å²) in [6.45, 7) is 2.93. The molecule has 1 fully saturated rings. The Bertz CT molecular complexity index is 874. The standard InChI is InChI=1S/C25H32N2O3/c1-17-4-2-3-5-22(17)24-12-8-19-14-21(11-13-23(19)30-24)29-20-9-6-18(7-10-20)16-27-25(28)15-26/h2-5,11,13-14,18,20,24H,6-10,12,15-16,26H2,1H3,(H,27,28). The van der Waals surface area contributed by atoms with Crippen LogP contribution in [-0.2, 0) is 11.2 Å². The maximum atomic E-state index is 11.3. The number of ether oxygens (including phenoxy) is 2.